The Morgan fingerprint density at radius 2 is 1.93 bits per heavy atom. The number of hydrogen-bond donors (Lipinski definition) is 0. The largest absolute Gasteiger partial charge is 0.464 e. The van der Waals surface area contributed by atoms with E-state index in [1.807, 2.05) is 24.3 Å². The van der Waals surface area contributed by atoms with Crippen LogP contribution in [0.5, 0.6) is 0 Å². The van der Waals surface area contributed by atoms with E-state index in [1.54, 1.807) is 11.3 Å². The van der Waals surface area contributed by atoms with Crippen LogP contribution in [0, 0.1) is 5.92 Å². The second-order valence-corrected chi connectivity index (χ2v) is 9.32. The highest BCUT2D eigenvalue weighted by molar-refractivity contribution is 9.10. The Bertz CT molecular complexity index is 984. The van der Waals surface area contributed by atoms with Crippen LogP contribution in [0.3, 0.4) is 0 Å². The van der Waals surface area contributed by atoms with E-state index in [0.717, 1.165) is 42.0 Å². The molecule has 0 N–H and O–H groups in total. The number of fused-ring (bicyclic) bond motifs is 1. The molecule has 0 bridgehead atoms. The third-order valence-corrected chi connectivity index (χ3v) is 7.15. The van der Waals surface area contributed by atoms with Crippen LogP contribution in [0.2, 0.25) is 0 Å². The van der Waals surface area contributed by atoms with Gasteiger partial charge in [0.15, 0.2) is 11.3 Å². The quantitative estimate of drug-likeness (QED) is 0.426. The molecule has 1 aromatic carbocycles. The third kappa shape index (κ3) is 4.85. The van der Waals surface area contributed by atoms with Crippen molar-refractivity contribution in [2.75, 3.05) is 13.7 Å². The summed E-state index contributed by atoms with van der Waals surface area (Å²) in [6, 6.07) is 12.2. The second kappa shape index (κ2) is 9.32. The van der Waals surface area contributed by atoms with Crippen LogP contribution in [-0.2, 0) is 16.1 Å². The summed E-state index contributed by atoms with van der Waals surface area (Å²) in [6.45, 7) is 1.50. The number of carbonyl (C=O) groups is 1. The van der Waals surface area contributed by atoms with Crippen molar-refractivity contribution in [1.82, 2.24) is 9.97 Å². The maximum absolute atomic E-state index is 11.8. The lowest BCUT2D eigenvalue weighted by Gasteiger charge is -2.27. The fourth-order valence-electron chi connectivity index (χ4n) is 3.77. The van der Waals surface area contributed by atoms with Crippen LogP contribution in [0.1, 0.15) is 52.7 Å². The Morgan fingerprint density at radius 3 is 2.66 bits per heavy atom. The summed E-state index contributed by atoms with van der Waals surface area (Å²) in [7, 11) is 1.36. The lowest BCUT2D eigenvalue weighted by Crippen LogP contribution is -2.17. The molecule has 1 fully saturated rings. The molecule has 0 spiro atoms. The van der Waals surface area contributed by atoms with Gasteiger partial charge in [-0.2, -0.15) is 0 Å². The number of rotatable bonds is 6. The molecule has 0 saturated heterocycles. The number of aromatic nitrogens is 2. The van der Waals surface area contributed by atoms with Crippen molar-refractivity contribution in [2.24, 2.45) is 5.92 Å². The first-order valence-corrected chi connectivity index (χ1v) is 11.4. The first kappa shape index (κ1) is 20.4. The summed E-state index contributed by atoms with van der Waals surface area (Å²) in [4.78, 5) is 21.0. The summed E-state index contributed by atoms with van der Waals surface area (Å²) in [5.74, 6) is 0.617. The molecule has 1 aliphatic carbocycles. The number of hydrogen-bond acceptors (Lipinski definition) is 6. The highest BCUT2D eigenvalue weighted by atomic mass is 79.9. The predicted octanol–water partition coefficient (Wildman–Crippen LogP) is 5.73. The molecule has 5 nitrogen and oxygen atoms in total. The number of ether oxygens (including phenoxy) is 2. The van der Waals surface area contributed by atoms with E-state index >= 15 is 0 Å². The molecule has 1 saturated carbocycles. The molecule has 29 heavy (non-hydrogen) atoms. The van der Waals surface area contributed by atoms with E-state index in [2.05, 4.69) is 33.0 Å². The lowest BCUT2D eigenvalue weighted by molar-refractivity contribution is 0.0593. The zero-order valence-corrected chi connectivity index (χ0v) is 18.7. The first-order valence-electron chi connectivity index (χ1n) is 9.81. The summed E-state index contributed by atoms with van der Waals surface area (Å²) in [6.07, 6.45) is 4.54. The Morgan fingerprint density at radius 1 is 1.17 bits per heavy atom. The van der Waals surface area contributed by atoms with Gasteiger partial charge in [0.25, 0.3) is 0 Å². The molecule has 2 heterocycles. The number of esters is 1. The van der Waals surface area contributed by atoms with Crippen molar-refractivity contribution in [1.29, 1.82) is 0 Å². The number of benzene rings is 1. The number of halogens is 1. The maximum atomic E-state index is 11.8. The molecule has 0 unspecified atom stereocenters. The van der Waals surface area contributed by atoms with Crippen molar-refractivity contribution in [3.05, 3.63) is 57.1 Å². The van der Waals surface area contributed by atoms with E-state index in [4.69, 9.17) is 14.5 Å². The van der Waals surface area contributed by atoms with E-state index in [-0.39, 0.29) is 5.69 Å². The average Bonchev–Trinajstić information content (AvgIpc) is 3.16. The number of thiazole rings is 1. The minimum Gasteiger partial charge on any atom is -0.464 e. The summed E-state index contributed by atoms with van der Waals surface area (Å²) in [5, 5.41) is 1.12. The number of pyridine rings is 1. The second-order valence-electron chi connectivity index (χ2n) is 7.40. The lowest BCUT2D eigenvalue weighted by atomic mass is 9.83. The number of methoxy groups -OCH3 is 1. The van der Waals surface area contributed by atoms with Gasteiger partial charge in [0.1, 0.15) is 0 Å². The fourth-order valence-corrected chi connectivity index (χ4v) is 5.52. The van der Waals surface area contributed by atoms with Crippen molar-refractivity contribution >= 4 is 43.6 Å². The van der Waals surface area contributed by atoms with Gasteiger partial charge in [-0.3, -0.25) is 0 Å². The topological polar surface area (TPSA) is 61.3 Å². The monoisotopic (exact) mass is 474 g/mol. The third-order valence-electron chi connectivity index (χ3n) is 5.39. The Labute approximate surface area is 182 Å². The summed E-state index contributed by atoms with van der Waals surface area (Å²) in [5.41, 5.74) is 2.12. The molecule has 4 rings (SSSR count). The van der Waals surface area contributed by atoms with Gasteiger partial charge in [0, 0.05) is 12.5 Å². The van der Waals surface area contributed by atoms with Gasteiger partial charge in [0.2, 0.25) is 0 Å². The van der Waals surface area contributed by atoms with Gasteiger partial charge in [-0.1, -0.05) is 30.3 Å². The molecule has 0 aliphatic heterocycles. The first-order chi connectivity index (χ1) is 14.1. The van der Waals surface area contributed by atoms with Gasteiger partial charge < -0.3 is 9.47 Å². The van der Waals surface area contributed by atoms with Gasteiger partial charge >= 0.3 is 5.97 Å². The van der Waals surface area contributed by atoms with Gasteiger partial charge in [0.05, 0.1) is 27.9 Å². The number of nitrogens with zero attached hydrogens (tertiary/aromatic N) is 2. The SMILES string of the molecule is COC(=O)c1nc2nc([C@H]3CC[C@H](COCc4ccccc4)CC3)sc2cc1Br. The molecule has 2 aromatic heterocycles. The van der Waals surface area contributed by atoms with Crippen LogP contribution in [0.4, 0.5) is 0 Å². The normalized spacial score (nSPS) is 19.4. The molecular formula is C22H23BrN2O3S. The molecule has 0 atom stereocenters. The molecule has 1 aliphatic rings. The van der Waals surface area contributed by atoms with Gasteiger partial charge in [-0.15, -0.1) is 11.3 Å². The number of carbonyl (C=O) groups excluding carboxylic acids is 1. The van der Waals surface area contributed by atoms with E-state index in [0.29, 0.717) is 28.6 Å². The van der Waals surface area contributed by atoms with E-state index < -0.39 is 5.97 Å². The molecule has 3 aromatic rings. The predicted molar refractivity (Wildman–Crippen MR) is 117 cm³/mol. The molecular weight excluding hydrogens is 452 g/mol. The van der Waals surface area contributed by atoms with Crippen LogP contribution < -0.4 is 0 Å². The van der Waals surface area contributed by atoms with E-state index in [9.17, 15) is 4.79 Å². The van der Waals surface area contributed by atoms with Crippen molar-refractivity contribution in [2.45, 2.75) is 38.2 Å². The minimum atomic E-state index is -0.454. The van der Waals surface area contributed by atoms with Gasteiger partial charge in [-0.25, -0.2) is 14.8 Å². The highest BCUT2D eigenvalue weighted by Gasteiger charge is 2.26. The van der Waals surface area contributed by atoms with Crippen molar-refractivity contribution in [3.8, 4) is 0 Å². The molecule has 7 heteroatoms. The standard InChI is InChI=1S/C22H23BrN2O3S/c1-27-22(26)19-17(23)11-18-20(24-19)25-21(29-18)16-9-7-15(8-10-16)13-28-12-14-5-3-2-4-6-14/h2-6,11,15-16H,7-10,12-13H2,1H3/t15-,16-. The molecule has 0 amide bonds. The van der Waals surface area contributed by atoms with Crippen molar-refractivity contribution in [3.63, 3.8) is 0 Å². The van der Waals surface area contributed by atoms with Gasteiger partial charge in [-0.05, 0) is 59.2 Å². The maximum Gasteiger partial charge on any atom is 0.357 e. The Balaban J connectivity index is 1.34. The molecule has 152 valence electrons. The van der Waals surface area contributed by atoms with E-state index in [1.165, 1.54) is 12.7 Å². The average molecular weight is 475 g/mol. The smallest absolute Gasteiger partial charge is 0.357 e. The highest BCUT2D eigenvalue weighted by Crippen LogP contribution is 2.39. The minimum absolute atomic E-state index is 0.274. The van der Waals surface area contributed by atoms with Crippen LogP contribution in [-0.4, -0.2) is 29.7 Å². The Hall–Kier alpha value is -1.83. The van der Waals surface area contributed by atoms with Crippen LogP contribution >= 0.6 is 27.3 Å². The van der Waals surface area contributed by atoms with Crippen LogP contribution in [0.15, 0.2) is 40.9 Å². The molecule has 0 radical (unpaired) electrons. The van der Waals surface area contributed by atoms with Crippen molar-refractivity contribution < 1.29 is 14.3 Å². The summed E-state index contributed by atoms with van der Waals surface area (Å²) >= 11 is 5.09. The fraction of sp³-hybridized carbons (Fsp3) is 0.409. The zero-order chi connectivity index (χ0) is 20.2. The van der Waals surface area contributed by atoms with Crippen LogP contribution in [0.25, 0.3) is 10.3 Å². The Kier molecular flexibility index (Phi) is 6.57. The summed E-state index contributed by atoms with van der Waals surface area (Å²) < 4.78 is 12.4. The zero-order valence-electron chi connectivity index (χ0n) is 16.3.